The minimum Gasteiger partial charge on any atom is -0.372 e. The summed E-state index contributed by atoms with van der Waals surface area (Å²) in [5.41, 5.74) is 2.31. The van der Waals surface area contributed by atoms with Gasteiger partial charge in [0, 0.05) is 24.9 Å². The first-order chi connectivity index (χ1) is 10.5. The molecule has 22 heavy (non-hydrogen) atoms. The Bertz CT molecular complexity index is 670. The van der Waals surface area contributed by atoms with Crippen LogP contribution in [-0.2, 0) is 16.1 Å². The number of carbonyl (C=O) groups is 1. The lowest BCUT2D eigenvalue weighted by Crippen LogP contribution is -2.48. The van der Waals surface area contributed by atoms with Gasteiger partial charge in [0.2, 0.25) is 5.91 Å². The van der Waals surface area contributed by atoms with E-state index in [1.807, 2.05) is 35.7 Å². The maximum Gasteiger partial charge on any atom is 0.224 e. The summed E-state index contributed by atoms with van der Waals surface area (Å²) in [6.45, 7) is 8.09. The standard InChI is InChI=1S/C17H23N3O2/c1-12-5-4-6-15-9-18-20(17(12)15)8-7-16(21)19-10-13(2)22-14(3)11-19/h4-6,9,13-14H,7-8,10-11H2,1-3H3. The van der Waals surface area contributed by atoms with Gasteiger partial charge in [-0.2, -0.15) is 5.10 Å². The van der Waals surface area contributed by atoms with Crippen LogP contribution in [0.2, 0.25) is 0 Å². The summed E-state index contributed by atoms with van der Waals surface area (Å²) < 4.78 is 7.62. The van der Waals surface area contributed by atoms with Crippen LogP contribution in [0.4, 0.5) is 0 Å². The largest absolute Gasteiger partial charge is 0.372 e. The van der Waals surface area contributed by atoms with Crippen molar-refractivity contribution < 1.29 is 9.53 Å². The van der Waals surface area contributed by atoms with Crippen LogP contribution in [0.15, 0.2) is 24.4 Å². The van der Waals surface area contributed by atoms with E-state index in [0.29, 0.717) is 26.1 Å². The van der Waals surface area contributed by atoms with Gasteiger partial charge in [0.1, 0.15) is 0 Å². The van der Waals surface area contributed by atoms with Gasteiger partial charge in [0.25, 0.3) is 0 Å². The monoisotopic (exact) mass is 301 g/mol. The third kappa shape index (κ3) is 2.99. The van der Waals surface area contributed by atoms with E-state index in [4.69, 9.17) is 4.74 Å². The van der Waals surface area contributed by atoms with Crippen LogP contribution in [0.25, 0.3) is 10.9 Å². The van der Waals surface area contributed by atoms with Gasteiger partial charge in [0.15, 0.2) is 0 Å². The summed E-state index contributed by atoms with van der Waals surface area (Å²) in [6, 6.07) is 6.16. The Labute approximate surface area is 130 Å². The van der Waals surface area contributed by atoms with Crippen molar-refractivity contribution in [2.45, 2.75) is 45.9 Å². The average Bonchev–Trinajstić information content (AvgIpc) is 2.88. The molecule has 1 saturated heterocycles. The molecule has 5 nitrogen and oxygen atoms in total. The van der Waals surface area contributed by atoms with Crippen molar-refractivity contribution in [1.82, 2.24) is 14.7 Å². The summed E-state index contributed by atoms with van der Waals surface area (Å²) in [5.74, 6) is 0.180. The number of rotatable bonds is 3. The van der Waals surface area contributed by atoms with E-state index >= 15 is 0 Å². The molecule has 1 aromatic heterocycles. The molecule has 0 N–H and O–H groups in total. The Morgan fingerprint density at radius 3 is 2.77 bits per heavy atom. The first kappa shape index (κ1) is 15.0. The number of aromatic nitrogens is 2. The van der Waals surface area contributed by atoms with Crippen molar-refractivity contribution in [3.8, 4) is 0 Å². The van der Waals surface area contributed by atoms with Crippen LogP contribution < -0.4 is 0 Å². The number of aryl methyl sites for hydroxylation is 2. The number of ether oxygens (including phenoxy) is 1. The second kappa shape index (κ2) is 6.08. The molecule has 2 atom stereocenters. The molecule has 1 aliphatic rings. The van der Waals surface area contributed by atoms with Crippen LogP contribution in [0.5, 0.6) is 0 Å². The number of fused-ring (bicyclic) bond motifs is 1. The summed E-state index contributed by atoms with van der Waals surface area (Å²) in [5, 5.41) is 5.55. The van der Waals surface area contributed by atoms with Crippen molar-refractivity contribution in [2.75, 3.05) is 13.1 Å². The van der Waals surface area contributed by atoms with Gasteiger partial charge < -0.3 is 9.64 Å². The van der Waals surface area contributed by atoms with Crippen LogP contribution in [0, 0.1) is 6.92 Å². The number of amides is 1. The number of morpholine rings is 1. The SMILES string of the molecule is Cc1cccc2cnn(CCC(=O)N3CC(C)OC(C)C3)c12. The molecule has 3 rings (SSSR count). The third-order valence-corrected chi connectivity index (χ3v) is 4.17. The number of carbonyl (C=O) groups excluding carboxylic acids is 1. The molecule has 0 spiro atoms. The molecule has 2 aromatic rings. The third-order valence-electron chi connectivity index (χ3n) is 4.17. The summed E-state index contributed by atoms with van der Waals surface area (Å²) in [6.07, 6.45) is 2.57. The molecular weight excluding hydrogens is 278 g/mol. The quantitative estimate of drug-likeness (QED) is 0.874. The lowest BCUT2D eigenvalue weighted by molar-refractivity contribution is -0.143. The Balaban J connectivity index is 1.67. The molecule has 1 fully saturated rings. The van der Waals surface area contributed by atoms with Gasteiger partial charge in [-0.1, -0.05) is 18.2 Å². The van der Waals surface area contributed by atoms with Crippen LogP contribution in [-0.4, -0.2) is 45.9 Å². The number of hydrogen-bond donors (Lipinski definition) is 0. The number of nitrogens with zero attached hydrogens (tertiary/aromatic N) is 3. The second-order valence-corrected chi connectivity index (χ2v) is 6.19. The zero-order valence-electron chi connectivity index (χ0n) is 13.5. The summed E-state index contributed by atoms with van der Waals surface area (Å²) in [7, 11) is 0. The highest BCUT2D eigenvalue weighted by Gasteiger charge is 2.25. The van der Waals surface area contributed by atoms with Crippen molar-refractivity contribution in [2.24, 2.45) is 0 Å². The van der Waals surface area contributed by atoms with E-state index < -0.39 is 0 Å². The highest BCUT2D eigenvalue weighted by molar-refractivity contribution is 5.82. The van der Waals surface area contributed by atoms with Gasteiger partial charge >= 0.3 is 0 Å². The number of benzene rings is 1. The molecule has 118 valence electrons. The predicted octanol–water partition coefficient (Wildman–Crippen LogP) is 2.37. The molecule has 0 saturated carbocycles. The van der Waals surface area contributed by atoms with E-state index in [2.05, 4.69) is 24.2 Å². The van der Waals surface area contributed by atoms with E-state index in [0.717, 1.165) is 10.9 Å². The van der Waals surface area contributed by atoms with E-state index in [1.165, 1.54) is 5.56 Å². The molecule has 1 aromatic carbocycles. The molecule has 1 amide bonds. The van der Waals surface area contributed by atoms with Crippen LogP contribution in [0.3, 0.4) is 0 Å². The van der Waals surface area contributed by atoms with Crippen molar-refractivity contribution in [1.29, 1.82) is 0 Å². The summed E-state index contributed by atoms with van der Waals surface area (Å²) >= 11 is 0. The molecule has 1 aliphatic heterocycles. The van der Waals surface area contributed by atoms with Gasteiger partial charge in [-0.15, -0.1) is 0 Å². The maximum absolute atomic E-state index is 12.4. The smallest absolute Gasteiger partial charge is 0.224 e. The Morgan fingerprint density at radius 2 is 2.05 bits per heavy atom. The Hall–Kier alpha value is -1.88. The first-order valence-electron chi connectivity index (χ1n) is 7.89. The topological polar surface area (TPSA) is 47.4 Å². The first-order valence-corrected chi connectivity index (χ1v) is 7.89. The maximum atomic E-state index is 12.4. The van der Waals surface area contributed by atoms with Crippen molar-refractivity contribution >= 4 is 16.8 Å². The van der Waals surface area contributed by atoms with Gasteiger partial charge in [0.05, 0.1) is 30.5 Å². The Kier molecular flexibility index (Phi) is 4.16. The molecular formula is C17H23N3O2. The predicted molar refractivity (Wildman–Crippen MR) is 85.7 cm³/mol. The fourth-order valence-electron chi connectivity index (χ4n) is 3.24. The molecule has 2 unspecified atom stereocenters. The van der Waals surface area contributed by atoms with Gasteiger partial charge in [-0.25, -0.2) is 0 Å². The fourth-order valence-corrected chi connectivity index (χ4v) is 3.24. The lowest BCUT2D eigenvalue weighted by Gasteiger charge is -2.35. The van der Waals surface area contributed by atoms with E-state index in [1.54, 1.807) is 0 Å². The lowest BCUT2D eigenvalue weighted by atomic mass is 10.1. The molecule has 0 radical (unpaired) electrons. The van der Waals surface area contributed by atoms with Crippen LogP contribution in [0.1, 0.15) is 25.8 Å². The fraction of sp³-hybridized carbons (Fsp3) is 0.529. The Morgan fingerprint density at radius 1 is 1.32 bits per heavy atom. The number of hydrogen-bond acceptors (Lipinski definition) is 3. The number of para-hydroxylation sites is 1. The van der Waals surface area contributed by atoms with Crippen LogP contribution >= 0.6 is 0 Å². The highest BCUT2D eigenvalue weighted by Crippen LogP contribution is 2.18. The van der Waals surface area contributed by atoms with E-state index in [-0.39, 0.29) is 18.1 Å². The zero-order valence-corrected chi connectivity index (χ0v) is 13.5. The van der Waals surface area contributed by atoms with Crippen molar-refractivity contribution in [3.63, 3.8) is 0 Å². The molecule has 0 bridgehead atoms. The molecule has 5 heteroatoms. The van der Waals surface area contributed by atoms with Gasteiger partial charge in [-0.3, -0.25) is 9.48 Å². The minimum absolute atomic E-state index is 0.112. The normalized spacial score (nSPS) is 22.2. The van der Waals surface area contributed by atoms with Crippen molar-refractivity contribution in [3.05, 3.63) is 30.0 Å². The summed E-state index contributed by atoms with van der Waals surface area (Å²) in [4.78, 5) is 14.3. The highest BCUT2D eigenvalue weighted by atomic mass is 16.5. The zero-order chi connectivity index (χ0) is 15.7. The van der Waals surface area contributed by atoms with Gasteiger partial charge in [-0.05, 0) is 26.3 Å². The van der Waals surface area contributed by atoms with E-state index in [9.17, 15) is 4.79 Å². The average molecular weight is 301 g/mol. The molecule has 2 heterocycles. The second-order valence-electron chi connectivity index (χ2n) is 6.19. The molecule has 0 aliphatic carbocycles. The minimum atomic E-state index is 0.112.